The molecule has 9 nitrogen and oxygen atoms in total. The number of imidazole rings is 1. The molecule has 5 aromatic heterocycles. The number of amides is 1. The van der Waals surface area contributed by atoms with Crippen LogP contribution in [-0.2, 0) is 4.79 Å². The zero-order chi connectivity index (χ0) is 25.5. The molecule has 0 aliphatic heterocycles. The second-order valence-corrected chi connectivity index (χ2v) is 10.6. The highest BCUT2D eigenvalue weighted by molar-refractivity contribution is 7.99. The Labute approximate surface area is 218 Å². The van der Waals surface area contributed by atoms with Crippen molar-refractivity contribution in [2.24, 2.45) is 0 Å². The highest BCUT2D eigenvalue weighted by Gasteiger charge is 2.25. The largest absolute Gasteiger partial charge is 0.354 e. The van der Waals surface area contributed by atoms with Crippen molar-refractivity contribution >= 4 is 28.7 Å². The van der Waals surface area contributed by atoms with Crippen LogP contribution in [0, 0.1) is 18.3 Å². The lowest BCUT2D eigenvalue weighted by Crippen LogP contribution is -2.36. The van der Waals surface area contributed by atoms with Crippen LogP contribution < -0.4 is 5.32 Å². The van der Waals surface area contributed by atoms with Crippen LogP contribution in [0.1, 0.15) is 49.9 Å². The zero-order valence-electron chi connectivity index (χ0n) is 20.6. The fourth-order valence-corrected chi connectivity index (χ4v) is 6.48. The van der Waals surface area contributed by atoms with Gasteiger partial charge in [-0.1, -0.05) is 11.8 Å². The number of nitrogens with one attached hydrogen (secondary N) is 1. The molecule has 1 fully saturated rings. The molecule has 10 heteroatoms. The molecule has 6 rings (SSSR count). The third-order valence-corrected chi connectivity index (χ3v) is 8.23. The Morgan fingerprint density at radius 1 is 1.16 bits per heavy atom. The van der Waals surface area contributed by atoms with Crippen molar-refractivity contribution < 1.29 is 4.79 Å². The van der Waals surface area contributed by atoms with Crippen molar-refractivity contribution in [2.75, 3.05) is 0 Å². The van der Waals surface area contributed by atoms with Crippen molar-refractivity contribution in [2.45, 2.75) is 61.4 Å². The smallest absolute Gasteiger partial charge is 0.217 e. The predicted octanol–water partition coefficient (Wildman–Crippen LogP) is 4.80. The van der Waals surface area contributed by atoms with E-state index in [0.717, 1.165) is 63.3 Å². The van der Waals surface area contributed by atoms with Crippen LogP contribution in [0.3, 0.4) is 0 Å². The molecule has 5 aromatic rings. The van der Waals surface area contributed by atoms with Gasteiger partial charge in [-0.3, -0.25) is 9.48 Å². The fourth-order valence-electron chi connectivity index (χ4n) is 5.35. The quantitative estimate of drug-likeness (QED) is 0.364. The van der Waals surface area contributed by atoms with Gasteiger partial charge in [-0.05, 0) is 50.8 Å². The number of hydrogen-bond donors (Lipinski definition) is 1. The highest BCUT2D eigenvalue weighted by atomic mass is 32.2. The van der Waals surface area contributed by atoms with Gasteiger partial charge in [0.15, 0.2) is 0 Å². The monoisotopic (exact) mass is 510 g/mol. The number of nitriles is 1. The minimum atomic E-state index is 0.0349. The van der Waals surface area contributed by atoms with E-state index in [-0.39, 0.29) is 11.9 Å². The summed E-state index contributed by atoms with van der Waals surface area (Å²) in [7, 11) is 0. The Hall–Kier alpha value is -4.10. The number of aromatic nitrogens is 6. The van der Waals surface area contributed by atoms with Gasteiger partial charge in [0, 0.05) is 52.0 Å². The molecule has 186 valence electrons. The normalized spacial score (nSPS) is 17.8. The number of rotatable bonds is 5. The van der Waals surface area contributed by atoms with E-state index in [0.29, 0.717) is 11.6 Å². The number of carbonyl (C=O) groups excluding carboxylic acids is 1. The van der Waals surface area contributed by atoms with E-state index >= 15 is 0 Å². The minimum Gasteiger partial charge on any atom is -0.354 e. The Morgan fingerprint density at radius 3 is 2.78 bits per heavy atom. The lowest BCUT2D eigenvalue weighted by atomic mass is 9.91. The summed E-state index contributed by atoms with van der Waals surface area (Å²) in [4.78, 5) is 17.7. The van der Waals surface area contributed by atoms with Crippen LogP contribution >= 0.6 is 11.8 Å². The summed E-state index contributed by atoms with van der Waals surface area (Å²) in [6, 6.07) is 9.03. The number of carbonyl (C=O) groups is 1. The van der Waals surface area contributed by atoms with Crippen molar-refractivity contribution in [3.8, 4) is 17.2 Å². The van der Waals surface area contributed by atoms with Crippen LogP contribution in [0.2, 0.25) is 0 Å². The maximum Gasteiger partial charge on any atom is 0.217 e. The molecule has 1 aliphatic rings. The van der Waals surface area contributed by atoms with Gasteiger partial charge in [0.2, 0.25) is 5.91 Å². The van der Waals surface area contributed by atoms with Crippen LogP contribution in [0.25, 0.3) is 22.2 Å². The molecule has 0 radical (unpaired) electrons. The van der Waals surface area contributed by atoms with Gasteiger partial charge >= 0.3 is 0 Å². The number of nitrogens with zero attached hydrogens (tertiary/aromatic N) is 7. The van der Waals surface area contributed by atoms with Crippen molar-refractivity contribution in [3.63, 3.8) is 0 Å². The summed E-state index contributed by atoms with van der Waals surface area (Å²) in [6.45, 7) is 3.69. The average Bonchev–Trinajstić information content (AvgIpc) is 3.62. The maximum absolute atomic E-state index is 11.4. The number of fused-ring (bicyclic) bond motifs is 2. The van der Waals surface area contributed by atoms with Crippen molar-refractivity contribution in [1.82, 2.24) is 34.1 Å². The molecule has 0 bridgehead atoms. The molecule has 0 atom stereocenters. The first-order valence-electron chi connectivity index (χ1n) is 12.3. The summed E-state index contributed by atoms with van der Waals surface area (Å²) in [6.07, 6.45) is 15.0. The molecule has 1 amide bonds. The van der Waals surface area contributed by atoms with E-state index in [1.165, 1.54) is 0 Å². The standard InChI is InChI=1S/C27H26N8OS/c1-17-23(13-31-35(17)22-7-5-21(6-8-22)32-18(2)36)19-10-26(27-20(11-28)12-30-34(27)15-19)37-25-4-3-9-33-16-29-14-24(25)33/h3-4,9-10,12-16,21-22H,5-8H2,1-2H3,(H,32,36). The Balaban J connectivity index is 1.36. The van der Waals surface area contributed by atoms with Crippen LogP contribution in [0.15, 0.2) is 65.3 Å². The summed E-state index contributed by atoms with van der Waals surface area (Å²) >= 11 is 1.61. The van der Waals surface area contributed by atoms with Crippen molar-refractivity contribution in [3.05, 3.63) is 66.8 Å². The lowest BCUT2D eigenvalue weighted by Gasteiger charge is -2.29. The molecule has 0 saturated heterocycles. The molecule has 0 aromatic carbocycles. The van der Waals surface area contributed by atoms with E-state index < -0.39 is 0 Å². The van der Waals surface area contributed by atoms with Crippen LogP contribution in [0.4, 0.5) is 0 Å². The average molecular weight is 511 g/mol. The van der Waals surface area contributed by atoms with E-state index in [4.69, 9.17) is 5.10 Å². The third kappa shape index (κ3) is 4.25. The van der Waals surface area contributed by atoms with Gasteiger partial charge < -0.3 is 9.72 Å². The van der Waals surface area contributed by atoms with Gasteiger partial charge in [-0.2, -0.15) is 15.5 Å². The van der Waals surface area contributed by atoms with Gasteiger partial charge in [-0.25, -0.2) is 9.50 Å². The van der Waals surface area contributed by atoms with Crippen LogP contribution in [-0.4, -0.2) is 40.7 Å². The predicted molar refractivity (Wildman–Crippen MR) is 140 cm³/mol. The second-order valence-electron chi connectivity index (χ2n) is 9.51. The van der Waals surface area contributed by atoms with Crippen LogP contribution in [0.5, 0.6) is 0 Å². The van der Waals surface area contributed by atoms with Gasteiger partial charge in [-0.15, -0.1) is 0 Å². The lowest BCUT2D eigenvalue weighted by molar-refractivity contribution is -0.119. The van der Waals surface area contributed by atoms with Gasteiger partial charge in [0.25, 0.3) is 0 Å². The highest BCUT2D eigenvalue weighted by Crippen LogP contribution is 2.39. The Morgan fingerprint density at radius 2 is 2.00 bits per heavy atom. The molecule has 1 N–H and O–H groups in total. The summed E-state index contributed by atoms with van der Waals surface area (Å²) in [5, 5.41) is 22.1. The summed E-state index contributed by atoms with van der Waals surface area (Å²) in [5.74, 6) is 0.0349. The fraction of sp³-hybridized carbons (Fsp3) is 0.296. The zero-order valence-corrected chi connectivity index (χ0v) is 21.4. The molecular formula is C27H26N8OS. The van der Waals surface area contributed by atoms with E-state index in [9.17, 15) is 10.1 Å². The molecule has 0 unspecified atom stereocenters. The van der Waals surface area contributed by atoms with Gasteiger partial charge in [0.05, 0.1) is 47.6 Å². The number of hydrogen-bond acceptors (Lipinski definition) is 6. The van der Waals surface area contributed by atoms with E-state index in [2.05, 4.69) is 45.2 Å². The van der Waals surface area contributed by atoms with E-state index in [1.807, 2.05) is 35.3 Å². The topological polar surface area (TPSA) is 105 Å². The first-order chi connectivity index (χ1) is 18.0. The molecule has 37 heavy (non-hydrogen) atoms. The van der Waals surface area contributed by atoms with Crippen molar-refractivity contribution in [1.29, 1.82) is 5.26 Å². The molecule has 1 saturated carbocycles. The summed E-state index contributed by atoms with van der Waals surface area (Å²) < 4.78 is 5.91. The first-order valence-corrected chi connectivity index (χ1v) is 13.1. The maximum atomic E-state index is 11.4. The Bertz CT molecular complexity index is 1660. The molecular weight excluding hydrogens is 484 g/mol. The molecule has 5 heterocycles. The minimum absolute atomic E-state index is 0.0349. The number of pyridine rings is 2. The molecule has 0 spiro atoms. The molecule has 1 aliphatic carbocycles. The second kappa shape index (κ2) is 9.41. The Kier molecular flexibility index (Phi) is 5.93. The summed E-state index contributed by atoms with van der Waals surface area (Å²) in [5.41, 5.74) is 5.48. The van der Waals surface area contributed by atoms with E-state index in [1.54, 1.807) is 35.7 Å². The third-order valence-electron chi connectivity index (χ3n) is 7.14. The first kappa shape index (κ1) is 23.3. The SMILES string of the molecule is CC(=O)NC1CCC(n2ncc(-c3cc(Sc4cccn5cncc45)c4c(C#N)cnn4c3)c2C)CC1. The van der Waals surface area contributed by atoms with Gasteiger partial charge in [0.1, 0.15) is 6.07 Å².